The molecule has 0 bridgehead atoms. The van der Waals surface area contributed by atoms with E-state index >= 15 is 0 Å². The second kappa shape index (κ2) is 13.5. The van der Waals surface area contributed by atoms with E-state index in [2.05, 4.69) is 13.2 Å². The highest BCUT2D eigenvalue weighted by atomic mass is 32.2. The molecule has 0 saturated carbocycles. The smallest absolute Gasteiger partial charge is 0.0700 e. The largest absolute Gasteiger partial charge is 0.378 e. The highest BCUT2D eigenvalue weighted by Gasteiger charge is 1.93. The minimum absolute atomic E-state index is 0.693. The van der Waals surface area contributed by atoms with Crippen molar-refractivity contribution in [2.75, 3.05) is 49.4 Å². The minimum atomic E-state index is 0.693. The van der Waals surface area contributed by atoms with Gasteiger partial charge in [0.05, 0.1) is 26.4 Å². The van der Waals surface area contributed by atoms with E-state index < -0.39 is 0 Å². The molecule has 0 rings (SSSR count). The molecule has 0 fully saturated rings. The van der Waals surface area contributed by atoms with Gasteiger partial charge in [-0.15, -0.1) is 0 Å². The Morgan fingerprint density at radius 1 is 0.778 bits per heavy atom. The summed E-state index contributed by atoms with van der Waals surface area (Å²) in [5, 5.41) is 0. The molecule has 0 aliphatic rings. The molecule has 0 amide bonds. The third-order valence-electron chi connectivity index (χ3n) is 1.81. The molecular weight excluding hydrogens is 264 g/mol. The van der Waals surface area contributed by atoms with Crippen molar-refractivity contribution in [1.29, 1.82) is 0 Å². The van der Waals surface area contributed by atoms with Crippen molar-refractivity contribution in [3.8, 4) is 0 Å². The molecule has 0 unspecified atom stereocenters. The Morgan fingerprint density at radius 2 is 1.17 bits per heavy atom. The van der Waals surface area contributed by atoms with Crippen LogP contribution in [0.3, 0.4) is 0 Å². The Morgan fingerprint density at radius 3 is 1.50 bits per heavy atom. The zero-order valence-corrected chi connectivity index (χ0v) is 13.3. The summed E-state index contributed by atoms with van der Waals surface area (Å²) in [4.78, 5) is 0. The Kier molecular flexibility index (Phi) is 13.6. The van der Waals surface area contributed by atoms with Crippen LogP contribution < -0.4 is 0 Å². The van der Waals surface area contributed by atoms with Gasteiger partial charge in [-0.05, 0) is 13.8 Å². The lowest BCUT2D eigenvalue weighted by atomic mass is 10.4. The number of ether oxygens (including phenoxy) is 2. The van der Waals surface area contributed by atoms with Crippen LogP contribution in [0.15, 0.2) is 24.3 Å². The molecular formula is C14H26O2S2. The van der Waals surface area contributed by atoms with Gasteiger partial charge >= 0.3 is 0 Å². The molecule has 0 radical (unpaired) electrons. The van der Waals surface area contributed by atoms with Crippen LogP contribution in [0.2, 0.25) is 0 Å². The van der Waals surface area contributed by atoms with Crippen molar-refractivity contribution in [2.24, 2.45) is 0 Å². The number of rotatable bonds is 13. The molecule has 0 aromatic carbocycles. The van der Waals surface area contributed by atoms with E-state index in [1.165, 1.54) is 11.1 Å². The van der Waals surface area contributed by atoms with Gasteiger partial charge in [-0.1, -0.05) is 24.3 Å². The zero-order chi connectivity index (χ0) is 13.6. The van der Waals surface area contributed by atoms with Gasteiger partial charge in [-0.25, -0.2) is 0 Å². The van der Waals surface area contributed by atoms with Gasteiger partial charge in [0.1, 0.15) is 0 Å². The summed E-state index contributed by atoms with van der Waals surface area (Å²) >= 11 is 3.72. The highest BCUT2D eigenvalue weighted by Crippen LogP contribution is 2.05. The Balaban J connectivity index is 2.99. The number of hydrogen-bond donors (Lipinski definition) is 0. The summed E-state index contributed by atoms with van der Waals surface area (Å²) < 4.78 is 10.9. The maximum atomic E-state index is 5.46. The van der Waals surface area contributed by atoms with Gasteiger partial charge in [-0.2, -0.15) is 23.5 Å². The Bertz CT molecular complexity index is 206. The van der Waals surface area contributed by atoms with E-state index in [-0.39, 0.29) is 0 Å². The summed E-state index contributed by atoms with van der Waals surface area (Å²) in [6.45, 7) is 14.8. The zero-order valence-electron chi connectivity index (χ0n) is 11.7. The van der Waals surface area contributed by atoms with Gasteiger partial charge in [0.25, 0.3) is 0 Å². The molecule has 0 aromatic rings. The molecule has 0 spiro atoms. The Labute approximate surface area is 121 Å². The number of hydrogen-bond acceptors (Lipinski definition) is 4. The molecule has 4 heteroatoms. The normalized spacial score (nSPS) is 10.6. The molecule has 0 N–H and O–H groups in total. The SMILES string of the molecule is C=C(C)CSCCOCCOCCSCC(=C)C. The standard InChI is InChI=1S/C14H26O2S2/c1-13(2)11-17-9-7-15-5-6-16-8-10-18-12-14(3)4/h1,3,5-12H2,2,4H3. The topological polar surface area (TPSA) is 18.5 Å². The van der Waals surface area contributed by atoms with Crippen LogP contribution in [0.1, 0.15) is 13.8 Å². The second-order valence-electron chi connectivity index (χ2n) is 4.24. The Hall–Kier alpha value is 0.1000. The third kappa shape index (κ3) is 16.1. The first-order valence-electron chi connectivity index (χ1n) is 6.22. The first-order chi connectivity index (χ1) is 8.63. The quantitative estimate of drug-likeness (QED) is 0.381. The lowest BCUT2D eigenvalue weighted by Gasteiger charge is -2.06. The van der Waals surface area contributed by atoms with Crippen molar-refractivity contribution in [3.63, 3.8) is 0 Å². The maximum absolute atomic E-state index is 5.46. The molecule has 0 aromatic heterocycles. The fraction of sp³-hybridized carbons (Fsp3) is 0.714. The van der Waals surface area contributed by atoms with E-state index in [0.29, 0.717) is 13.2 Å². The summed E-state index contributed by atoms with van der Waals surface area (Å²) in [7, 11) is 0. The highest BCUT2D eigenvalue weighted by molar-refractivity contribution is 7.99. The van der Waals surface area contributed by atoms with E-state index in [0.717, 1.165) is 36.2 Å². The van der Waals surface area contributed by atoms with Crippen molar-refractivity contribution in [1.82, 2.24) is 0 Å². The second-order valence-corrected chi connectivity index (χ2v) is 6.45. The van der Waals surface area contributed by atoms with Crippen LogP contribution in [0.25, 0.3) is 0 Å². The van der Waals surface area contributed by atoms with E-state index in [4.69, 9.17) is 9.47 Å². The molecule has 18 heavy (non-hydrogen) atoms. The van der Waals surface area contributed by atoms with Gasteiger partial charge < -0.3 is 9.47 Å². The van der Waals surface area contributed by atoms with Crippen molar-refractivity contribution < 1.29 is 9.47 Å². The summed E-state index contributed by atoms with van der Waals surface area (Å²) in [6, 6.07) is 0. The van der Waals surface area contributed by atoms with Gasteiger partial charge in [0, 0.05) is 23.0 Å². The maximum Gasteiger partial charge on any atom is 0.0700 e. The first-order valence-corrected chi connectivity index (χ1v) is 8.53. The third-order valence-corrected chi connectivity index (χ3v) is 4.12. The van der Waals surface area contributed by atoms with Crippen molar-refractivity contribution in [3.05, 3.63) is 24.3 Å². The predicted octanol–water partition coefficient (Wildman–Crippen LogP) is 3.64. The predicted molar refractivity (Wildman–Crippen MR) is 85.9 cm³/mol. The first kappa shape index (κ1) is 18.1. The summed E-state index contributed by atoms with van der Waals surface area (Å²) in [5.41, 5.74) is 2.44. The lowest BCUT2D eigenvalue weighted by Crippen LogP contribution is -2.08. The molecule has 0 aliphatic heterocycles. The van der Waals surface area contributed by atoms with Crippen LogP contribution in [-0.2, 0) is 9.47 Å². The molecule has 0 saturated heterocycles. The van der Waals surface area contributed by atoms with Crippen molar-refractivity contribution in [2.45, 2.75) is 13.8 Å². The van der Waals surface area contributed by atoms with Crippen LogP contribution >= 0.6 is 23.5 Å². The van der Waals surface area contributed by atoms with Crippen molar-refractivity contribution >= 4 is 23.5 Å². The number of thioether (sulfide) groups is 2. The van der Waals surface area contributed by atoms with Crippen LogP contribution in [0.5, 0.6) is 0 Å². The van der Waals surface area contributed by atoms with Crippen LogP contribution in [0, 0.1) is 0 Å². The minimum Gasteiger partial charge on any atom is -0.378 e. The van der Waals surface area contributed by atoms with E-state index in [9.17, 15) is 0 Å². The molecule has 106 valence electrons. The molecule has 0 heterocycles. The fourth-order valence-corrected chi connectivity index (χ4v) is 2.51. The van der Waals surface area contributed by atoms with E-state index in [1.807, 2.05) is 37.4 Å². The molecule has 0 aliphatic carbocycles. The van der Waals surface area contributed by atoms with Crippen LogP contribution in [0.4, 0.5) is 0 Å². The van der Waals surface area contributed by atoms with Gasteiger partial charge in [0.15, 0.2) is 0 Å². The average molecular weight is 290 g/mol. The fourth-order valence-electron chi connectivity index (χ4n) is 1.05. The average Bonchev–Trinajstić information content (AvgIpc) is 2.29. The molecule has 2 nitrogen and oxygen atoms in total. The summed E-state index contributed by atoms with van der Waals surface area (Å²) in [6.07, 6.45) is 0. The lowest BCUT2D eigenvalue weighted by molar-refractivity contribution is 0.0605. The summed E-state index contributed by atoms with van der Waals surface area (Å²) in [5.74, 6) is 4.11. The van der Waals surface area contributed by atoms with Gasteiger partial charge in [-0.3, -0.25) is 0 Å². The van der Waals surface area contributed by atoms with Crippen LogP contribution in [-0.4, -0.2) is 49.4 Å². The van der Waals surface area contributed by atoms with Gasteiger partial charge in [0.2, 0.25) is 0 Å². The monoisotopic (exact) mass is 290 g/mol. The molecule has 0 atom stereocenters. The van der Waals surface area contributed by atoms with E-state index in [1.54, 1.807) is 0 Å².